The fourth-order valence-corrected chi connectivity index (χ4v) is 2.21. The fraction of sp³-hybridized carbons (Fsp3) is 0.462. The van der Waals surface area contributed by atoms with Crippen molar-refractivity contribution in [3.05, 3.63) is 30.2 Å². The SMILES string of the molecule is O=C(NCc1nnc2ccccn12)NC[C@H]1CCOC1. The van der Waals surface area contributed by atoms with Gasteiger partial charge in [-0.05, 0) is 18.6 Å². The average molecular weight is 275 g/mol. The van der Waals surface area contributed by atoms with Crippen molar-refractivity contribution in [2.75, 3.05) is 19.8 Å². The maximum atomic E-state index is 11.7. The maximum Gasteiger partial charge on any atom is 0.315 e. The van der Waals surface area contributed by atoms with Crippen molar-refractivity contribution in [2.45, 2.75) is 13.0 Å². The lowest BCUT2D eigenvalue weighted by atomic mass is 10.1. The number of pyridine rings is 1. The van der Waals surface area contributed by atoms with Crippen LogP contribution in [0.3, 0.4) is 0 Å². The molecule has 2 aromatic heterocycles. The summed E-state index contributed by atoms with van der Waals surface area (Å²) in [4.78, 5) is 11.7. The minimum atomic E-state index is -0.190. The molecule has 1 aliphatic rings. The van der Waals surface area contributed by atoms with Crippen molar-refractivity contribution in [3.8, 4) is 0 Å². The van der Waals surface area contributed by atoms with E-state index in [1.165, 1.54) is 0 Å². The first-order valence-corrected chi connectivity index (χ1v) is 6.71. The summed E-state index contributed by atoms with van der Waals surface area (Å²) >= 11 is 0. The number of amides is 2. The lowest BCUT2D eigenvalue weighted by Gasteiger charge is -2.10. The van der Waals surface area contributed by atoms with Gasteiger partial charge in [0.2, 0.25) is 0 Å². The average Bonchev–Trinajstić information content (AvgIpc) is 3.12. The summed E-state index contributed by atoms with van der Waals surface area (Å²) in [6, 6.07) is 5.48. The monoisotopic (exact) mass is 275 g/mol. The van der Waals surface area contributed by atoms with E-state index in [-0.39, 0.29) is 6.03 Å². The standard InChI is InChI=1S/C13H17N5O2/c19-13(14-7-10-4-6-20-9-10)15-8-12-17-16-11-3-1-2-5-18(11)12/h1-3,5,10H,4,6-9H2,(H2,14,15,19)/t10-/m1/s1. The van der Waals surface area contributed by atoms with E-state index in [0.29, 0.717) is 24.8 Å². The molecular weight excluding hydrogens is 258 g/mol. The Labute approximate surface area is 116 Å². The van der Waals surface area contributed by atoms with Crippen LogP contribution in [0.25, 0.3) is 5.65 Å². The van der Waals surface area contributed by atoms with E-state index in [2.05, 4.69) is 20.8 Å². The first-order valence-electron chi connectivity index (χ1n) is 6.71. The van der Waals surface area contributed by atoms with Crippen LogP contribution in [0.4, 0.5) is 4.79 Å². The Morgan fingerprint density at radius 1 is 1.40 bits per heavy atom. The summed E-state index contributed by atoms with van der Waals surface area (Å²) < 4.78 is 7.12. The topological polar surface area (TPSA) is 80.6 Å². The van der Waals surface area contributed by atoms with Crippen LogP contribution >= 0.6 is 0 Å². The normalized spacial score (nSPS) is 18.3. The van der Waals surface area contributed by atoms with Crippen molar-refractivity contribution in [2.24, 2.45) is 5.92 Å². The second-order valence-electron chi connectivity index (χ2n) is 4.84. The molecule has 20 heavy (non-hydrogen) atoms. The number of hydrogen-bond acceptors (Lipinski definition) is 4. The maximum absolute atomic E-state index is 11.7. The number of urea groups is 1. The molecule has 0 unspecified atom stereocenters. The highest BCUT2D eigenvalue weighted by Crippen LogP contribution is 2.10. The molecule has 0 radical (unpaired) electrons. The number of ether oxygens (including phenoxy) is 1. The summed E-state index contributed by atoms with van der Waals surface area (Å²) in [5.41, 5.74) is 0.771. The minimum Gasteiger partial charge on any atom is -0.381 e. The van der Waals surface area contributed by atoms with Gasteiger partial charge in [-0.1, -0.05) is 6.07 Å². The highest BCUT2D eigenvalue weighted by Gasteiger charge is 2.16. The van der Waals surface area contributed by atoms with Crippen molar-refractivity contribution in [1.29, 1.82) is 0 Å². The first-order chi connectivity index (χ1) is 9.83. The van der Waals surface area contributed by atoms with E-state index in [1.54, 1.807) is 0 Å². The number of carbonyl (C=O) groups is 1. The molecule has 0 bridgehead atoms. The molecular formula is C13H17N5O2. The zero-order chi connectivity index (χ0) is 13.8. The molecule has 1 aliphatic heterocycles. The number of hydrogen-bond donors (Lipinski definition) is 2. The Morgan fingerprint density at radius 3 is 3.20 bits per heavy atom. The van der Waals surface area contributed by atoms with Crippen molar-refractivity contribution < 1.29 is 9.53 Å². The van der Waals surface area contributed by atoms with Crippen LogP contribution in [0.1, 0.15) is 12.2 Å². The summed E-state index contributed by atoms with van der Waals surface area (Å²) in [6.45, 7) is 2.51. The predicted molar refractivity (Wildman–Crippen MR) is 72.2 cm³/mol. The van der Waals surface area contributed by atoms with Crippen LogP contribution < -0.4 is 10.6 Å². The molecule has 1 saturated heterocycles. The Bertz CT molecular complexity index is 591. The molecule has 7 heteroatoms. The third kappa shape index (κ3) is 2.88. The zero-order valence-corrected chi connectivity index (χ0v) is 11.1. The van der Waals surface area contributed by atoms with Gasteiger partial charge in [-0.15, -0.1) is 10.2 Å². The lowest BCUT2D eigenvalue weighted by Crippen LogP contribution is -2.38. The molecule has 3 rings (SSSR count). The van der Waals surface area contributed by atoms with Gasteiger partial charge < -0.3 is 15.4 Å². The van der Waals surface area contributed by atoms with Crippen molar-refractivity contribution in [1.82, 2.24) is 25.2 Å². The van der Waals surface area contributed by atoms with E-state index in [0.717, 1.165) is 25.3 Å². The number of rotatable bonds is 4. The third-order valence-electron chi connectivity index (χ3n) is 3.37. The van der Waals surface area contributed by atoms with Gasteiger partial charge in [-0.3, -0.25) is 4.40 Å². The smallest absolute Gasteiger partial charge is 0.315 e. The Kier molecular flexibility index (Phi) is 3.78. The number of aromatic nitrogens is 3. The summed E-state index contributed by atoms with van der Waals surface area (Å²) in [5.74, 6) is 1.13. The lowest BCUT2D eigenvalue weighted by molar-refractivity contribution is 0.185. The number of nitrogens with zero attached hydrogens (tertiary/aromatic N) is 3. The van der Waals surface area contributed by atoms with Crippen molar-refractivity contribution >= 4 is 11.7 Å². The highest BCUT2D eigenvalue weighted by molar-refractivity contribution is 5.73. The predicted octanol–water partition coefficient (Wildman–Crippen LogP) is 0.565. The molecule has 0 aliphatic carbocycles. The summed E-state index contributed by atoms with van der Waals surface area (Å²) in [7, 11) is 0. The second-order valence-corrected chi connectivity index (χ2v) is 4.84. The van der Waals surface area contributed by atoms with E-state index in [4.69, 9.17) is 4.74 Å². The van der Waals surface area contributed by atoms with Gasteiger partial charge in [0, 0.05) is 25.3 Å². The van der Waals surface area contributed by atoms with E-state index in [9.17, 15) is 4.79 Å². The molecule has 2 amide bonds. The van der Waals surface area contributed by atoms with Crippen LogP contribution in [0.15, 0.2) is 24.4 Å². The first kappa shape index (κ1) is 12.9. The quantitative estimate of drug-likeness (QED) is 0.854. The van der Waals surface area contributed by atoms with Gasteiger partial charge in [0.25, 0.3) is 0 Å². The third-order valence-corrected chi connectivity index (χ3v) is 3.37. The van der Waals surface area contributed by atoms with Gasteiger partial charge >= 0.3 is 6.03 Å². The van der Waals surface area contributed by atoms with Crippen LogP contribution in [-0.2, 0) is 11.3 Å². The molecule has 0 spiro atoms. The Hall–Kier alpha value is -2.15. The zero-order valence-electron chi connectivity index (χ0n) is 11.1. The second kappa shape index (κ2) is 5.87. The van der Waals surface area contributed by atoms with E-state index < -0.39 is 0 Å². The summed E-state index contributed by atoms with van der Waals surface area (Å²) in [5, 5.41) is 13.7. The van der Waals surface area contributed by atoms with Crippen molar-refractivity contribution in [3.63, 3.8) is 0 Å². The van der Waals surface area contributed by atoms with E-state index >= 15 is 0 Å². The number of carbonyl (C=O) groups excluding carboxylic acids is 1. The summed E-state index contributed by atoms with van der Waals surface area (Å²) in [6.07, 6.45) is 2.88. The van der Waals surface area contributed by atoms with Gasteiger partial charge in [0.15, 0.2) is 11.5 Å². The van der Waals surface area contributed by atoms with Gasteiger partial charge in [-0.2, -0.15) is 0 Å². The molecule has 0 saturated carbocycles. The Balaban J connectivity index is 1.49. The number of fused-ring (bicyclic) bond motifs is 1. The molecule has 0 aromatic carbocycles. The fourth-order valence-electron chi connectivity index (χ4n) is 2.21. The minimum absolute atomic E-state index is 0.190. The van der Waals surface area contributed by atoms with Gasteiger partial charge in [-0.25, -0.2) is 4.79 Å². The van der Waals surface area contributed by atoms with Crippen LogP contribution in [0, 0.1) is 5.92 Å². The molecule has 2 aromatic rings. The number of nitrogens with one attached hydrogen (secondary N) is 2. The van der Waals surface area contributed by atoms with E-state index in [1.807, 2.05) is 28.8 Å². The molecule has 3 heterocycles. The molecule has 7 nitrogen and oxygen atoms in total. The molecule has 106 valence electrons. The molecule has 1 fully saturated rings. The Morgan fingerprint density at radius 2 is 2.35 bits per heavy atom. The van der Waals surface area contributed by atoms with Crippen LogP contribution in [0.2, 0.25) is 0 Å². The van der Waals surface area contributed by atoms with Gasteiger partial charge in [0.05, 0.1) is 13.2 Å². The highest BCUT2D eigenvalue weighted by atomic mass is 16.5. The largest absolute Gasteiger partial charge is 0.381 e. The van der Waals surface area contributed by atoms with Crippen LogP contribution in [-0.4, -0.2) is 40.4 Å². The molecule has 1 atom stereocenters. The molecule has 2 N–H and O–H groups in total. The van der Waals surface area contributed by atoms with Gasteiger partial charge in [0.1, 0.15) is 0 Å². The van der Waals surface area contributed by atoms with Crippen LogP contribution in [0.5, 0.6) is 0 Å².